The number of methoxy groups -OCH3 is 1. The van der Waals surface area contributed by atoms with Gasteiger partial charge in [0, 0.05) is 23.5 Å². The van der Waals surface area contributed by atoms with Crippen LogP contribution in [0.1, 0.15) is 5.56 Å². The van der Waals surface area contributed by atoms with Gasteiger partial charge in [-0.25, -0.2) is 0 Å². The van der Waals surface area contributed by atoms with Gasteiger partial charge in [-0.15, -0.1) is 0 Å². The van der Waals surface area contributed by atoms with Crippen molar-refractivity contribution in [1.29, 1.82) is 0 Å². The van der Waals surface area contributed by atoms with Gasteiger partial charge in [0.2, 0.25) is 0 Å². The number of benzene rings is 1. The molecule has 0 amide bonds. The number of hydrogen-bond acceptors (Lipinski definition) is 3. The Labute approximate surface area is 152 Å². The van der Waals surface area contributed by atoms with Crippen LogP contribution in [-0.2, 0) is 56.6 Å². The van der Waals surface area contributed by atoms with Gasteiger partial charge >= 0.3 is 51.2 Å². The second-order valence-corrected chi connectivity index (χ2v) is 2.93. The molecule has 0 spiro atoms. The van der Waals surface area contributed by atoms with Gasteiger partial charge in [0.15, 0.2) is 0 Å². The molecule has 0 heterocycles. The summed E-state index contributed by atoms with van der Waals surface area (Å²) < 4.78 is 39.8. The predicted octanol–water partition coefficient (Wildman–Crippen LogP) is 1.63. The molecule has 0 atom stereocenters. The van der Waals surface area contributed by atoms with Crippen LogP contribution in [0.5, 0.6) is 0 Å². The summed E-state index contributed by atoms with van der Waals surface area (Å²) in [6.45, 7) is 19.0. The molecule has 0 aliphatic heterocycles. The molecule has 1 aromatic rings. The molecule has 24 heavy (non-hydrogen) atoms. The molecular weight excluding hydrogens is 360 g/mol. The van der Waals surface area contributed by atoms with E-state index in [0.717, 1.165) is 5.56 Å². The van der Waals surface area contributed by atoms with Crippen molar-refractivity contribution in [1.82, 2.24) is 0 Å². The Balaban J connectivity index is -0.000000117. The first kappa shape index (κ1) is 33.7. The minimum absolute atomic E-state index is 0. The van der Waals surface area contributed by atoms with Crippen LogP contribution in [0, 0.1) is 39.4 Å². The Morgan fingerprint density at radius 1 is 1.00 bits per heavy atom. The summed E-state index contributed by atoms with van der Waals surface area (Å²) in [5, 5.41) is 0. The normalized spacial score (nSPS) is 6.54. The quantitative estimate of drug-likeness (QED) is 0.248. The summed E-state index contributed by atoms with van der Waals surface area (Å²) in [4.78, 5) is 10.7. The average Bonchev–Trinajstić information content (AvgIpc) is 2.68. The molecule has 8 heteroatoms. The molecular formula is C16H14FeO7. The van der Waals surface area contributed by atoms with Gasteiger partial charge in [0.25, 0.3) is 0 Å². The Morgan fingerprint density at radius 3 is 1.88 bits per heavy atom. The molecule has 0 unspecified atom stereocenters. The molecule has 128 valence electrons. The van der Waals surface area contributed by atoms with E-state index in [-0.39, 0.29) is 23.0 Å². The topological polar surface area (TPSA) is 115 Å². The van der Waals surface area contributed by atoms with E-state index < -0.39 is 0 Å². The summed E-state index contributed by atoms with van der Waals surface area (Å²) in [6, 6.07) is 9.86. The maximum absolute atomic E-state index is 10.7. The van der Waals surface area contributed by atoms with Crippen molar-refractivity contribution in [2.75, 3.05) is 13.7 Å². The van der Waals surface area contributed by atoms with Crippen LogP contribution in [0.2, 0.25) is 0 Å². The van der Waals surface area contributed by atoms with Gasteiger partial charge in [0.05, 0.1) is 26.7 Å². The molecule has 0 aromatic heterocycles. The SMILES string of the molecule is COC(=O)[CH][CH]COCc1ccccc1.[C-]#[O+].[C-]#[O+].[C-]#[O+].[C-]#[O+].[Fe]. The molecule has 7 nitrogen and oxygen atoms in total. The van der Waals surface area contributed by atoms with Gasteiger partial charge in [-0.1, -0.05) is 30.3 Å². The first-order valence-corrected chi connectivity index (χ1v) is 5.50. The van der Waals surface area contributed by atoms with E-state index in [4.69, 9.17) is 23.3 Å². The maximum Gasteiger partial charge on any atom is 0 e. The summed E-state index contributed by atoms with van der Waals surface area (Å²) in [6.07, 6.45) is 2.99. The smallest absolute Gasteiger partial charge is 0 e. The number of carbonyl (C=O) groups excluding carboxylic acids is 1. The van der Waals surface area contributed by atoms with E-state index in [0.29, 0.717) is 13.2 Å². The average molecular weight is 374 g/mol. The number of hydrogen-bond donors (Lipinski definition) is 0. The van der Waals surface area contributed by atoms with Gasteiger partial charge in [0.1, 0.15) is 0 Å². The molecule has 0 aliphatic carbocycles. The molecule has 1 aromatic carbocycles. The van der Waals surface area contributed by atoms with E-state index >= 15 is 0 Å². The van der Waals surface area contributed by atoms with Crippen molar-refractivity contribution in [2.45, 2.75) is 6.61 Å². The molecule has 0 N–H and O–H groups in total. The Kier molecular flexibility index (Phi) is 52.5. The number of rotatable bonds is 6. The van der Waals surface area contributed by atoms with E-state index in [1.807, 2.05) is 30.3 Å². The van der Waals surface area contributed by atoms with Crippen LogP contribution in [-0.4, -0.2) is 19.7 Å². The fourth-order valence-electron chi connectivity index (χ4n) is 1.03. The number of ether oxygens (including phenoxy) is 2. The van der Waals surface area contributed by atoms with E-state index in [9.17, 15) is 4.79 Å². The zero-order valence-corrected chi connectivity index (χ0v) is 13.8. The van der Waals surface area contributed by atoms with Crippen molar-refractivity contribution < 1.29 is 49.9 Å². The van der Waals surface area contributed by atoms with Crippen LogP contribution in [0.4, 0.5) is 0 Å². The van der Waals surface area contributed by atoms with Gasteiger partial charge in [-0.2, -0.15) is 0 Å². The minimum atomic E-state index is -0.363. The molecule has 0 aliphatic rings. The zero-order chi connectivity index (χ0) is 18.9. The number of esters is 1. The Bertz CT molecular complexity index is 414. The standard InChI is InChI=1S/C12H14O3.4CO.Fe/c1-14-12(13)8-5-9-15-10-11-6-3-2-4-7-11;4*1-2;/h2-8H,9-10H2,1H3;;;;;. The van der Waals surface area contributed by atoms with E-state index in [2.05, 4.69) is 31.3 Å². The van der Waals surface area contributed by atoms with Gasteiger partial charge < -0.3 is 9.47 Å². The first-order valence-electron chi connectivity index (χ1n) is 5.50. The molecule has 0 bridgehead atoms. The molecule has 1 rings (SSSR count). The third-order valence-corrected chi connectivity index (χ3v) is 1.78. The molecule has 0 saturated carbocycles. The van der Waals surface area contributed by atoms with E-state index in [1.165, 1.54) is 13.5 Å². The zero-order valence-electron chi connectivity index (χ0n) is 12.7. The van der Waals surface area contributed by atoms with Crippen LogP contribution in [0.25, 0.3) is 0 Å². The Hall–Kier alpha value is -1.87. The summed E-state index contributed by atoms with van der Waals surface area (Å²) in [5.41, 5.74) is 1.11. The van der Waals surface area contributed by atoms with Crippen LogP contribution >= 0.6 is 0 Å². The fraction of sp³-hybridized carbons (Fsp3) is 0.188. The van der Waals surface area contributed by atoms with Crippen molar-refractivity contribution in [3.8, 4) is 0 Å². The maximum atomic E-state index is 10.7. The van der Waals surface area contributed by atoms with Gasteiger partial charge in [-0.05, 0) is 5.56 Å². The first-order chi connectivity index (χ1) is 11.3. The number of carbonyl (C=O) groups is 1. The van der Waals surface area contributed by atoms with Gasteiger partial charge in [-0.3, -0.25) is 4.79 Å². The van der Waals surface area contributed by atoms with Crippen molar-refractivity contribution in [2.24, 2.45) is 0 Å². The fourth-order valence-corrected chi connectivity index (χ4v) is 1.03. The van der Waals surface area contributed by atoms with Crippen molar-refractivity contribution in [3.05, 3.63) is 75.3 Å². The Morgan fingerprint density at radius 2 is 1.46 bits per heavy atom. The largest absolute Gasteiger partial charge is 0 e. The summed E-state index contributed by atoms with van der Waals surface area (Å²) in [5.74, 6) is -0.363. The second kappa shape index (κ2) is 37.4. The molecule has 2 radical (unpaired) electrons. The van der Waals surface area contributed by atoms with E-state index in [1.54, 1.807) is 6.42 Å². The molecule has 0 fully saturated rings. The van der Waals surface area contributed by atoms with Crippen molar-refractivity contribution >= 4 is 5.97 Å². The summed E-state index contributed by atoms with van der Waals surface area (Å²) in [7, 11) is 1.34. The van der Waals surface area contributed by atoms with Crippen LogP contribution in [0.3, 0.4) is 0 Å². The van der Waals surface area contributed by atoms with Crippen LogP contribution in [0.15, 0.2) is 30.3 Å². The van der Waals surface area contributed by atoms with Crippen LogP contribution < -0.4 is 0 Å². The minimum Gasteiger partial charge on any atom is 0 e. The third-order valence-electron chi connectivity index (χ3n) is 1.78. The second-order valence-electron chi connectivity index (χ2n) is 2.93. The summed E-state index contributed by atoms with van der Waals surface area (Å²) >= 11 is 0. The predicted molar refractivity (Wildman–Crippen MR) is 72.4 cm³/mol. The third kappa shape index (κ3) is 28.3. The van der Waals surface area contributed by atoms with Crippen molar-refractivity contribution in [3.63, 3.8) is 0 Å². The molecule has 0 saturated heterocycles. The monoisotopic (exact) mass is 374 g/mol.